The van der Waals surface area contributed by atoms with Crippen LogP contribution in [0.25, 0.3) is 0 Å². The second kappa shape index (κ2) is 4.90. The highest BCUT2D eigenvalue weighted by Crippen LogP contribution is 2.28. The Bertz CT molecular complexity index is 429. The molecule has 1 aromatic rings. The first-order chi connectivity index (χ1) is 8.41. The minimum absolute atomic E-state index is 0.0867. The van der Waals surface area contributed by atoms with Crippen LogP contribution in [0.3, 0.4) is 0 Å². The fourth-order valence-electron chi connectivity index (χ4n) is 2.84. The van der Waals surface area contributed by atoms with E-state index in [0.29, 0.717) is 6.54 Å². The molecule has 0 aromatic heterocycles. The van der Waals surface area contributed by atoms with E-state index in [4.69, 9.17) is 10.5 Å². The number of aryl methyl sites for hydroxylation is 1. The smallest absolute Gasteiger partial charge is 0.0805 e. The summed E-state index contributed by atoms with van der Waals surface area (Å²) >= 11 is 0. The van der Waals surface area contributed by atoms with E-state index in [1.807, 2.05) is 0 Å². The highest BCUT2D eigenvalue weighted by atomic mass is 16.5. The molecule has 1 aromatic carbocycles. The van der Waals surface area contributed by atoms with Crippen LogP contribution in [0, 0.1) is 6.92 Å². The van der Waals surface area contributed by atoms with Crippen molar-refractivity contribution in [1.82, 2.24) is 0 Å². The zero-order valence-electron chi connectivity index (χ0n) is 11.9. The lowest BCUT2D eigenvalue weighted by Gasteiger charge is -2.43. The number of rotatable bonds is 2. The number of benzene rings is 1. The normalized spacial score (nSPS) is 23.2. The van der Waals surface area contributed by atoms with Crippen LogP contribution in [0.5, 0.6) is 0 Å². The molecular formula is C15H24N2O. The Hall–Kier alpha value is -1.06. The van der Waals surface area contributed by atoms with Gasteiger partial charge in [-0.05, 0) is 44.9 Å². The maximum Gasteiger partial charge on any atom is 0.0805 e. The van der Waals surface area contributed by atoms with Crippen molar-refractivity contribution in [3.05, 3.63) is 29.3 Å². The molecule has 1 atom stereocenters. The molecule has 0 spiro atoms. The van der Waals surface area contributed by atoms with Crippen LogP contribution in [-0.2, 0) is 11.3 Å². The van der Waals surface area contributed by atoms with Gasteiger partial charge in [-0.25, -0.2) is 0 Å². The molecular weight excluding hydrogens is 224 g/mol. The number of nitrogens with zero attached hydrogens (tertiary/aromatic N) is 1. The van der Waals surface area contributed by atoms with Crippen LogP contribution in [0.4, 0.5) is 5.69 Å². The summed E-state index contributed by atoms with van der Waals surface area (Å²) in [6.07, 6.45) is 0.266. The van der Waals surface area contributed by atoms with E-state index in [9.17, 15) is 0 Å². The number of hydrogen-bond donors (Lipinski definition) is 1. The van der Waals surface area contributed by atoms with Gasteiger partial charge < -0.3 is 15.4 Å². The van der Waals surface area contributed by atoms with Crippen LogP contribution >= 0.6 is 0 Å². The van der Waals surface area contributed by atoms with Crippen LogP contribution in [0.2, 0.25) is 0 Å². The molecule has 0 radical (unpaired) electrons. The SMILES string of the molecule is Cc1cc(CN)ccc1N1CC(C)OC(C)(C)C1. The summed E-state index contributed by atoms with van der Waals surface area (Å²) < 4.78 is 5.95. The second-order valence-corrected chi connectivity index (χ2v) is 5.89. The van der Waals surface area contributed by atoms with Gasteiger partial charge in [-0.3, -0.25) is 0 Å². The summed E-state index contributed by atoms with van der Waals surface area (Å²) in [4.78, 5) is 2.42. The Morgan fingerprint density at radius 1 is 1.44 bits per heavy atom. The first-order valence-electron chi connectivity index (χ1n) is 6.63. The topological polar surface area (TPSA) is 38.5 Å². The summed E-state index contributed by atoms with van der Waals surface area (Å²) in [5.74, 6) is 0. The molecule has 1 fully saturated rings. The average molecular weight is 248 g/mol. The molecule has 0 amide bonds. The second-order valence-electron chi connectivity index (χ2n) is 5.89. The number of hydrogen-bond acceptors (Lipinski definition) is 3. The summed E-state index contributed by atoms with van der Waals surface area (Å²) in [6, 6.07) is 6.49. The Morgan fingerprint density at radius 3 is 2.72 bits per heavy atom. The predicted octanol–water partition coefficient (Wildman–Crippen LogP) is 2.46. The van der Waals surface area contributed by atoms with E-state index in [1.54, 1.807) is 0 Å². The van der Waals surface area contributed by atoms with Crippen molar-refractivity contribution in [3.63, 3.8) is 0 Å². The molecule has 1 saturated heterocycles. The van der Waals surface area contributed by atoms with Gasteiger partial charge in [0.25, 0.3) is 0 Å². The standard InChI is InChI=1S/C15H24N2O/c1-11-7-13(8-16)5-6-14(11)17-9-12(2)18-15(3,4)10-17/h5-7,12H,8-10,16H2,1-4H3. The molecule has 1 aliphatic heterocycles. The van der Waals surface area contributed by atoms with E-state index in [1.165, 1.54) is 16.8 Å². The van der Waals surface area contributed by atoms with Crippen LogP contribution in [-0.4, -0.2) is 24.8 Å². The zero-order valence-corrected chi connectivity index (χ0v) is 11.9. The fourth-order valence-corrected chi connectivity index (χ4v) is 2.84. The predicted molar refractivity (Wildman–Crippen MR) is 75.9 cm³/mol. The van der Waals surface area contributed by atoms with Gasteiger partial charge in [-0.2, -0.15) is 0 Å². The molecule has 1 heterocycles. The molecule has 100 valence electrons. The first-order valence-corrected chi connectivity index (χ1v) is 6.63. The average Bonchev–Trinajstić information content (AvgIpc) is 2.25. The van der Waals surface area contributed by atoms with Gasteiger partial charge in [0, 0.05) is 25.3 Å². The molecule has 18 heavy (non-hydrogen) atoms. The molecule has 0 bridgehead atoms. The Morgan fingerprint density at radius 2 is 2.17 bits per heavy atom. The summed E-state index contributed by atoms with van der Waals surface area (Å²) in [7, 11) is 0. The molecule has 2 N–H and O–H groups in total. The number of morpholine rings is 1. The minimum Gasteiger partial charge on any atom is -0.369 e. The minimum atomic E-state index is -0.0867. The third kappa shape index (κ3) is 2.85. The largest absolute Gasteiger partial charge is 0.369 e. The maximum atomic E-state index is 5.95. The Balaban J connectivity index is 2.25. The molecule has 1 unspecified atom stereocenters. The molecule has 3 heteroatoms. The van der Waals surface area contributed by atoms with Crippen molar-refractivity contribution >= 4 is 5.69 Å². The highest BCUT2D eigenvalue weighted by molar-refractivity contribution is 5.55. The van der Waals surface area contributed by atoms with Gasteiger partial charge >= 0.3 is 0 Å². The van der Waals surface area contributed by atoms with Crippen molar-refractivity contribution in [2.24, 2.45) is 5.73 Å². The third-order valence-electron chi connectivity index (χ3n) is 3.41. The fraction of sp³-hybridized carbons (Fsp3) is 0.600. The van der Waals surface area contributed by atoms with E-state index < -0.39 is 0 Å². The molecule has 2 rings (SSSR count). The lowest BCUT2D eigenvalue weighted by Crippen LogP contribution is -2.52. The van der Waals surface area contributed by atoms with Crippen LogP contribution < -0.4 is 10.6 Å². The highest BCUT2D eigenvalue weighted by Gasteiger charge is 2.31. The Kier molecular flexibility index (Phi) is 3.64. The lowest BCUT2D eigenvalue weighted by molar-refractivity contribution is -0.0749. The van der Waals surface area contributed by atoms with Gasteiger partial charge in [0.05, 0.1) is 11.7 Å². The maximum absolute atomic E-state index is 5.95. The lowest BCUT2D eigenvalue weighted by atomic mass is 10.0. The monoisotopic (exact) mass is 248 g/mol. The van der Waals surface area contributed by atoms with Gasteiger partial charge in [0.15, 0.2) is 0 Å². The van der Waals surface area contributed by atoms with Crippen molar-refractivity contribution in [1.29, 1.82) is 0 Å². The van der Waals surface area contributed by atoms with Gasteiger partial charge in [0.2, 0.25) is 0 Å². The van der Waals surface area contributed by atoms with E-state index in [-0.39, 0.29) is 11.7 Å². The zero-order chi connectivity index (χ0) is 13.3. The molecule has 0 aliphatic carbocycles. The number of nitrogens with two attached hydrogens (primary N) is 1. The van der Waals surface area contributed by atoms with Crippen molar-refractivity contribution < 1.29 is 4.74 Å². The van der Waals surface area contributed by atoms with Gasteiger partial charge in [-0.15, -0.1) is 0 Å². The number of anilines is 1. The van der Waals surface area contributed by atoms with Crippen molar-refractivity contribution in [3.8, 4) is 0 Å². The van der Waals surface area contributed by atoms with Crippen molar-refractivity contribution in [2.75, 3.05) is 18.0 Å². The van der Waals surface area contributed by atoms with Crippen LogP contribution in [0.1, 0.15) is 31.9 Å². The first kappa shape index (κ1) is 13.4. The van der Waals surface area contributed by atoms with E-state index in [0.717, 1.165) is 13.1 Å². The van der Waals surface area contributed by atoms with E-state index >= 15 is 0 Å². The van der Waals surface area contributed by atoms with Gasteiger partial charge in [0.1, 0.15) is 0 Å². The summed E-state index contributed by atoms with van der Waals surface area (Å²) in [5, 5.41) is 0. The van der Waals surface area contributed by atoms with E-state index in [2.05, 4.69) is 50.8 Å². The van der Waals surface area contributed by atoms with Gasteiger partial charge in [-0.1, -0.05) is 12.1 Å². The van der Waals surface area contributed by atoms with Crippen molar-refractivity contribution in [2.45, 2.75) is 45.9 Å². The molecule has 1 aliphatic rings. The quantitative estimate of drug-likeness (QED) is 0.873. The Labute approximate surface area is 110 Å². The summed E-state index contributed by atoms with van der Waals surface area (Å²) in [6.45, 7) is 11.1. The third-order valence-corrected chi connectivity index (χ3v) is 3.41. The molecule has 3 nitrogen and oxygen atoms in total. The van der Waals surface area contributed by atoms with Crippen LogP contribution in [0.15, 0.2) is 18.2 Å². The summed E-state index contributed by atoms with van der Waals surface area (Å²) in [5.41, 5.74) is 9.38. The number of ether oxygens (including phenoxy) is 1. The molecule has 0 saturated carbocycles.